The van der Waals surface area contributed by atoms with Crippen molar-refractivity contribution in [3.05, 3.63) is 0 Å². The molecule has 86 valence electrons. The van der Waals surface area contributed by atoms with E-state index in [1.807, 2.05) is 27.7 Å². The van der Waals surface area contributed by atoms with E-state index in [9.17, 15) is 9.59 Å². The number of likely N-dealkylation sites (tertiary alicyclic amines) is 1. The number of hydrogen-bond donors (Lipinski definition) is 0. The van der Waals surface area contributed by atoms with Gasteiger partial charge >= 0.3 is 0 Å². The molecule has 0 aromatic carbocycles. The smallest absolute Gasteiger partial charge is 0.235 e. The highest BCUT2D eigenvalue weighted by Crippen LogP contribution is 2.34. The van der Waals surface area contributed by atoms with Gasteiger partial charge in [0.2, 0.25) is 11.8 Å². The topological polar surface area (TPSA) is 37.4 Å². The number of rotatable bonds is 3. The molecule has 0 radical (unpaired) electrons. The zero-order valence-electron chi connectivity index (χ0n) is 9.76. The molecular formula is C11H18BrNO2. The van der Waals surface area contributed by atoms with Crippen LogP contribution in [0.3, 0.4) is 0 Å². The Hall–Kier alpha value is -0.380. The Kier molecular flexibility index (Phi) is 3.29. The van der Waals surface area contributed by atoms with Gasteiger partial charge in [0.1, 0.15) is 0 Å². The van der Waals surface area contributed by atoms with Crippen molar-refractivity contribution in [2.45, 2.75) is 34.1 Å². The average Bonchev–Trinajstić information content (AvgIpc) is 2.28. The van der Waals surface area contributed by atoms with Crippen LogP contribution in [0, 0.1) is 10.8 Å². The summed E-state index contributed by atoms with van der Waals surface area (Å²) >= 11 is 3.40. The third kappa shape index (κ3) is 2.60. The predicted molar refractivity (Wildman–Crippen MR) is 62.7 cm³/mol. The Balaban J connectivity index is 2.81. The molecule has 0 saturated carbocycles. The van der Waals surface area contributed by atoms with Crippen molar-refractivity contribution >= 4 is 27.7 Å². The van der Waals surface area contributed by atoms with Crippen LogP contribution in [-0.4, -0.2) is 28.6 Å². The molecule has 4 heteroatoms. The first-order chi connectivity index (χ1) is 6.69. The summed E-state index contributed by atoms with van der Waals surface area (Å²) in [4.78, 5) is 25.0. The van der Waals surface area contributed by atoms with Gasteiger partial charge in [0.25, 0.3) is 0 Å². The molecule has 1 fully saturated rings. The summed E-state index contributed by atoms with van der Waals surface area (Å²) in [7, 11) is 0. The second kappa shape index (κ2) is 3.89. The van der Waals surface area contributed by atoms with Crippen molar-refractivity contribution in [1.29, 1.82) is 0 Å². The molecule has 0 spiro atoms. The number of amides is 2. The number of alkyl halides is 1. The Bertz CT molecular complexity index is 297. The van der Waals surface area contributed by atoms with E-state index in [0.717, 1.165) is 5.33 Å². The van der Waals surface area contributed by atoms with Crippen LogP contribution in [0.25, 0.3) is 0 Å². The molecule has 1 aliphatic rings. The number of imide groups is 1. The molecule has 1 aliphatic heterocycles. The van der Waals surface area contributed by atoms with Crippen LogP contribution in [-0.2, 0) is 9.59 Å². The van der Waals surface area contributed by atoms with E-state index < -0.39 is 5.41 Å². The fraction of sp³-hybridized carbons (Fsp3) is 0.818. The number of carbonyl (C=O) groups is 2. The van der Waals surface area contributed by atoms with Crippen molar-refractivity contribution in [3.8, 4) is 0 Å². The van der Waals surface area contributed by atoms with Crippen LogP contribution in [0.4, 0.5) is 0 Å². The maximum absolute atomic E-state index is 11.9. The SMILES string of the molecule is CC(C)(CBr)CN1C(=O)CC(C)(C)C1=O. The van der Waals surface area contributed by atoms with Gasteiger partial charge in [0, 0.05) is 18.3 Å². The van der Waals surface area contributed by atoms with Gasteiger partial charge in [-0.15, -0.1) is 0 Å². The lowest BCUT2D eigenvalue weighted by Gasteiger charge is -2.28. The van der Waals surface area contributed by atoms with Gasteiger partial charge in [0.05, 0.1) is 5.41 Å². The molecule has 1 saturated heterocycles. The minimum absolute atomic E-state index is 0.0403. The Labute approximate surface area is 99.3 Å². The van der Waals surface area contributed by atoms with Gasteiger partial charge < -0.3 is 0 Å². The molecule has 0 aliphatic carbocycles. The highest BCUT2D eigenvalue weighted by Gasteiger charge is 2.45. The molecule has 0 atom stereocenters. The standard InChI is InChI=1S/C11H18BrNO2/c1-10(2,6-12)7-13-8(14)5-11(3,4)9(13)15/h5-7H2,1-4H3. The Morgan fingerprint density at radius 3 is 2.27 bits per heavy atom. The second-order valence-electron chi connectivity index (χ2n) is 5.64. The van der Waals surface area contributed by atoms with Gasteiger partial charge in [-0.2, -0.15) is 0 Å². The van der Waals surface area contributed by atoms with Crippen LogP contribution < -0.4 is 0 Å². The van der Waals surface area contributed by atoms with Crippen LogP contribution in [0.2, 0.25) is 0 Å². The van der Waals surface area contributed by atoms with Crippen molar-refractivity contribution in [2.75, 3.05) is 11.9 Å². The van der Waals surface area contributed by atoms with E-state index in [2.05, 4.69) is 15.9 Å². The first kappa shape index (κ1) is 12.7. The molecule has 0 aromatic rings. The highest BCUT2D eigenvalue weighted by molar-refractivity contribution is 9.09. The number of hydrogen-bond acceptors (Lipinski definition) is 2. The molecule has 0 bridgehead atoms. The van der Waals surface area contributed by atoms with Gasteiger partial charge in [-0.1, -0.05) is 43.6 Å². The monoisotopic (exact) mass is 275 g/mol. The summed E-state index contributed by atoms with van der Waals surface area (Å²) < 4.78 is 0. The van der Waals surface area contributed by atoms with Crippen molar-refractivity contribution in [2.24, 2.45) is 10.8 Å². The highest BCUT2D eigenvalue weighted by atomic mass is 79.9. The quantitative estimate of drug-likeness (QED) is 0.585. The zero-order chi connectivity index (χ0) is 11.9. The van der Waals surface area contributed by atoms with E-state index in [0.29, 0.717) is 13.0 Å². The minimum atomic E-state index is -0.514. The number of carbonyl (C=O) groups excluding carboxylic acids is 2. The first-order valence-corrected chi connectivity index (χ1v) is 6.22. The first-order valence-electron chi connectivity index (χ1n) is 5.10. The molecule has 2 amide bonds. The maximum Gasteiger partial charge on any atom is 0.235 e. The third-order valence-electron chi connectivity index (χ3n) is 2.67. The molecule has 1 heterocycles. The van der Waals surface area contributed by atoms with Crippen LogP contribution >= 0.6 is 15.9 Å². The molecular weight excluding hydrogens is 258 g/mol. The minimum Gasteiger partial charge on any atom is -0.282 e. The van der Waals surface area contributed by atoms with Crippen molar-refractivity contribution in [1.82, 2.24) is 4.90 Å². The lowest BCUT2D eigenvalue weighted by Crippen LogP contribution is -2.40. The predicted octanol–water partition coefficient (Wildman–Crippen LogP) is 2.19. The van der Waals surface area contributed by atoms with E-state index in [-0.39, 0.29) is 17.2 Å². The van der Waals surface area contributed by atoms with Crippen LogP contribution in [0.15, 0.2) is 0 Å². The van der Waals surface area contributed by atoms with E-state index in [1.165, 1.54) is 4.90 Å². The molecule has 15 heavy (non-hydrogen) atoms. The summed E-state index contributed by atoms with van der Waals surface area (Å²) in [6.45, 7) is 8.23. The van der Waals surface area contributed by atoms with Crippen molar-refractivity contribution in [3.63, 3.8) is 0 Å². The number of nitrogens with zero attached hydrogens (tertiary/aromatic N) is 1. The Morgan fingerprint density at radius 2 is 1.93 bits per heavy atom. The van der Waals surface area contributed by atoms with Gasteiger partial charge in [-0.3, -0.25) is 14.5 Å². The van der Waals surface area contributed by atoms with E-state index in [4.69, 9.17) is 0 Å². The van der Waals surface area contributed by atoms with Crippen LogP contribution in [0.5, 0.6) is 0 Å². The zero-order valence-corrected chi connectivity index (χ0v) is 11.3. The molecule has 3 nitrogen and oxygen atoms in total. The van der Waals surface area contributed by atoms with E-state index in [1.54, 1.807) is 0 Å². The fourth-order valence-corrected chi connectivity index (χ4v) is 1.84. The van der Waals surface area contributed by atoms with Crippen molar-refractivity contribution < 1.29 is 9.59 Å². The molecule has 0 N–H and O–H groups in total. The maximum atomic E-state index is 11.9. The summed E-state index contributed by atoms with van der Waals surface area (Å²) in [6, 6.07) is 0. The largest absolute Gasteiger partial charge is 0.282 e. The summed E-state index contributed by atoms with van der Waals surface area (Å²) in [6.07, 6.45) is 0.337. The normalized spacial score (nSPS) is 21.3. The van der Waals surface area contributed by atoms with Gasteiger partial charge in [0.15, 0.2) is 0 Å². The molecule has 0 unspecified atom stereocenters. The third-order valence-corrected chi connectivity index (χ3v) is 4.18. The molecule has 1 rings (SSSR count). The van der Waals surface area contributed by atoms with E-state index >= 15 is 0 Å². The average molecular weight is 276 g/mol. The Morgan fingerprint density at radius 1 is 1.40 bits per heavy atom. The summed E-state index contributed by atoms with van der Waals surface area (Å²) in [5, 5.41) is 0.775. The summed E-state index contributed by atoms with van der Waals surface area (Å²) in [5.74, 6) is -0.0828. The lowest BCUT2D eigenvalue weighted by molar-refractivity contribution is -0.142. The summed E-state index contributed by atoms with van der Waals surface area (Å²) in [5.41, 5.74) is -0.578. The fourth-order valence-electron chi connectivity index (χ4n) is 1.66. The van der Waals surface area contributed by atoms with Gasteiger partial charge in [-0.05, 0) is 5.41 Å². The lowest BCUT2D eigenvalue weighted by atomic mass is 9.91. The number of halogens is 1. The second-order valence-corrected chi connectivity index (χ2v) is 6.20. The van der Waals surface area contributed by atoms with Crippen LogP contribution in [0.1, 0.15) is 34.1 Å². The van der Waals surface area contributed by atoms with Gasteiger partial charge in [-0.25, -0.2) is 0 Å². The molecule has 0 aromatic heterocycles.